The molecular weight excluding hydrogens is 200 g/mol. The number of hydrogen-bond donors (Lipinski definition) is 1. The van der Waals surface area contributed by atoms with E-state index in [2.05, 4.69) is 4.99 Å². The number of hydrogen-bond acceptors (Lipinski definition) is 3. The standard InChI is InChI=1S/C10H11ClN2O/c11-8-3-1-2-7(4-8)5-9-6-14-10(12)13-9/h1-4,9H,5-6H2,(H2,12,13)/t9-/m0/s1. The zero-order valence-corrected chi connectivity index (χ0v) is 8.37. The third-order valence-corrected chi connectivity index (χ3v) is 2.33. The Hall–Kier alpha value is -1.22. The van der Waals surface area contributed by atoms with Gasteiger partial charge in [0.05, 0.1) is 6.04 Å². The van der Waals surface area contributed by atoms with Crippen LogP contribution in [0.2, 0.25) is 5.02 Å². The first-order valence-corrected chi connectivity index (χ1v) is 4.82. The molecule has 2 rings (SSSR count). The fourth-order valence-electron chi connectivity index (χ4n) is 1.48. The number of ether oxygens (including phenoxy) is 1. The highest BCUT2D eigenvalue weighted by Gasteiger charge is 2.16. The summed E-state index contributed by atoms with van der Waals surface area (Å²) in [4.78, 5) is 4.14. The van der Waals surface area contributed by atoms with E-state index in [0.717, 1.165) is 17.0 Å². The van der Waals surface area contributed by atoms with Gasteiger partial charge in [0.1, 0.15) is 6.61 Å². The minimum absolute atomic E-state index is 0.133. The first-order chi connectivity index (χ1) is 6.74. The van der Waals surface area contributed by atoms with Gasteiger partial charge < -0.3 is 10.5 Å². The van der Waals surface area contributed by atoms with Crippen molar-refractivity contribution in [3.63, 3.8) is 0 Å². The maximum absolute atomic E-state index is 5.87. The summed E-state index contributed by atoms with van der Waals surface area (Å²) in [5.74, 6) is 0. The van der Waals surface area contributed by atoms with E-state index < -0.39 is 0 Å². The molecule has 1 aliphatic heterocycles. The van der Waals surface area contributed by atoms with Gasteiger partial charge in [-0.1, -0.05) is 23.7 Å². The zero-order valence-electron chi connectivity index (χ0n) is 7.61. The third-order valence-electron chi connectivity index (χ3n) is 2.09. The van der Waals surface area contributed by atoms with Gasteiger partial charge in [0, 0.05) is 5.02 Å². The summed E-state index contributed by atoms with van der Waals surface area (Å²) in [5.41, 5.74) is 6.57. The molecular formula is C10H11ClN2O. The van der Waals surface area contributed by atoms with E-state index in [1.807, 2.05) is 24.3 Å². The third kappa shape index (κ3) is 2.17. The Morgan fingerprint density at radius 2 is 2.43 bits per heavy atom. The highest BCUT2D eigenvalue weighted by Crippen LogP contribution is 2.15. The van der Waals surface area contributed by atoms with Crippen LogP contribution in [-0.4, -0.2) is 18.7 Å². The number of aliphatic imine (C=N–C) groups is 1. The van der Waals surface area contributed by atoms with E-state index in [-0.39, 0.29) is 12.1 Å². The maximum Gasteiger partial charge on any atom is 0.282 e. The van der Waals surface area contributed by atoms with Gasteiger partial charge in [-0.15, -0.1) is 0 Å². The van der Waals surface area contributed by atoms with Crippen molar-refractivity contribution < 1.29 is 4.74 Å². The molecule has 0 fully saturated rings. The van der Waals surface area contributed by atoms with E-state index in [1.165, 1.54) is 0 Å². The molecule has 1 aromatic carbocycles. The van der Waals surface area contributed by atoms with Crippen molar-refractivity contribution in [2.24, 2.45) is 10.7 Å². The van der Waals surface area contributed by atoms with Gasteiger partial charge in [0.2, 0.25) is 0 Å². The molecule has 1 heterocycles. The van der Waals surface area contributed by atoms with E-state index in [1.54, 1.807) is 0 Å². The number of nitrogens with zero attached hydrogens (tertiary/aromatic N) is 1. The molecule has 2 N–H and O–H groups in total. The lowest BCUT2D eigenvalue weighted by Crippen LogP contribution is -2.11. The highest BCUT2D eigenvalue weighted by molar-refractivity contribution is 6.30. The van der Waals surface area contributed by atoms with Crippen molar-refractivity contribution in [3.05, 3.63) is 34.9 Å². The van der Waals surface area contributed by atoms with E-state index in [0.29, 0.717) is 6.61 Å². The van der Waals surface area contributed by atoms with Crippen molar-refractivity contribution >= 4 is 17.6 Å². The molecule has 1 aliphatic rings. The Morgan fingerprint density at radius 3 is 3.07 bits per heavy atom. The molecule has 3 nitrogen and oxygen atoms in total. The van der Waals surface area contributed by atoms with Crippen LogP contribution >= 0.6 is 11.6 Å². The molecule has 0 aromatic heterocycles. The molecule has 0 amide bonds. The summed E-state index contributed by atoms with van der Waals surface area (Å²) in [6, 6.07) is 8.17. The Morgan fingerprint density at radius 1 is 1.57 bits per heavy atom. The van der Waals surface area contributed by atoms with Gasteiger partial charge in [-0.3, -0.25) is 0 Å². The average molecular weight is 211 g/mol. The van der Waals surface area contributed by atoms with Crippen LogP contribution in [0.25, 0.3) is 0 Å². The fraction of sp³-hybridized carbons (Fsp3) is 0.300. The largest absolute Gasteiger partial charge is 0.463 e. The van der Waals surface area contributed by atoms with E-state index in [4.69, 9.17) is 22.1 Å². The van der Waals surface area contributed by atoms with Crippen molar-refractivity contribution in [1.82, 2.24) is 0 Å². The van der Waals surface area contributed by atoms with Crippen LogP contribution < -0.4 is 5.73 Å². The van der Waals surface area contributed by atoms with Gasteiger partial charge >= 0.3 is 0 Å². The summed E-state index contributed by atoms with van der Waals surface area (Å²) in [5, 5.41) is 0.748. The van der Waals surface area contributed by atoms with Crippen molar-refractivity contribution in [1.29, 1.82) is 0 Å². The topological polar surface area (TPSA) is 47.6 Å². The first kappa shape index (κ1) is 9.34. The first-order valence-electron chi connectivity index (χ1n) is 4.44. The molecule has 14 heavy (non-hydrogen) atoms. The van der Waals surface area contributed by atoms with Crippen molar-refractivity contribution in [2.45, 2.75) is 12.5 Å². The molecule has 0 bridgehead atoms. The normalized spacial score (nSPS) is 20.4. The molecule has 1 atom stereocenters. The monoisotopic (exact) mass is 210 g/mol. The summed E-state index contributed by atoms with van der Waals surface area (Å²) >= 11 is 5.87. The second-order valence-corrected chi connectivity index (χ2v) is 3.70. The number of nitrogens with two attached hydrogens (primary N) is 1. The smallest absolute Gasteiger partial charge is 0.282 e. The van der Waals surface area contributed by atoms with Crippen LogP contribution in [0.1, 0.15) is 5.56 Å². The Labute approximate surface area is 87.5 Å². The van der Waals surface area contributed by atoms with Gasteiger partial charge in [-0.2, -0.15) is 0 Å². The summed E-state index contributed by atoms with van der Waals surface area (Å²) in [7, 11) is 0. The lowest BCUT2D eigenvalue weighted by molar-refractivity contribution is 0.312. The minimum atomic E-state index is 0.133. The van der Waals surface area contributed by atoms with Crippen molar-refractivity contribution in [3.8, 4) is 0 Å². The number of benzene rings is 1. The Kier molecular flexibility index (Phi) is 2.59. The van der Waals surface area contributed by atoms with Crippen molar-refractivity contribution in [2.75, 3.05) is 6.61 Å². The van der Waals surface area contributed by atoms with Crippen LogP contribution in [0.3, 0.4) is 0 Å². The van der Waals surface area contributed by atoms with E-state index in [9.17, 15) is 0 Å². The molecule has 74 valence electrons. The molecule has 1 aromatic rings. The Balaban J connectivity index is 2.04. The van der Waals surface area contributed by atoms with Crippen LogP contribution in [-0.2, 0) is 11.2 Å². The molecule has 0 saturated heterocycles. The molecule has 0 radical (unpaired) electrons. The highest BCUT2D eigenvalue weighted by atomic mass is 35.5. The predicted molar refractivity (Wildman–Crippen MR) is 56.5 cm³/mol. The summed E-state index contributed by atoms with van der Waals surface area (Å²) in [6.45, 7) is 0.568. The van der Waals surface area contributed by atoms with Gasteiger partial charge in [-0.25, -0.2) is 4.99 Å². The number of rotatable bonds is 2. The van der Waals surface area contributed by atoms with Crippen LogP contribution in [0.4, 0.5) is 0 Å². The zero-order chi connectivity index (χ0) is 9.97. The van der Waals surface area contributed by atoms with Gasteiger partial charge in [0.25, 0.3) is 6.02 Å². The number of amidine groups is 1. The second kappa shape index (κ2) is 3.88. The molecule has 0 aliphatic carbocycles. The molecule has 0 unspecified atom stereocenters. The quantitative estimate of drug-likeness (QED) is 0.806. The second-order valence-electron chi connectivity index (χ2n) is 3.27. The lowest BCUT2D eigenvalue weighted by Gasteiger charge is -2.04. The van der Waals surface area contributed by atoms with Crippen LogP contribution in [0.5, 0.6) is 0 Å². The van der Waals surface area contributed by atoms with Crippen LogP contribution in [0.15, 0.2) is 29.3 Å². The molecule has 0 spiro atoms. The minimum Gasteiger partial charge on any atom is -0.463 e. The number of halogens is 1. The maximum atomic E-state index is 5.87. The Bertz CT molecular complexity index is 365. The molecule has 4 heteroatoms. The fourth-order valence-corrected chi connectivity index (χ4v) is 1.69. The average Bonchev–Trinajstić information content (AvgIpc) is 2.51. The van der Waals surface area contributed by atoms with E-state index >= 15 is 0 Å². The van der Waals surface area contributed by atoms with Gasteiger partial charge in [0.15, 0.2) is 0 Å². The summed E-state index contributed by atoms with van der Waals surface area (Å²) < 4.78 is 5.06. The van der Waals surface area contributed by atoms with Crippen LogP contribution in [0, 0.1) is 0 Å². The van der Waals surface area contributed by atoms with Gasteiger partial charge in [-0.05, 0) is 24.1 Å². The molecule has 0 saturated carbocycles. The lowest BCUT2D eigenvalue weighted by atomic mass is 10.1. The summed E-state index contributed by atoms with van der Waals surface area (Å²) in [6.07, 6.45) is 0.821. The predicted octanol–water partition coefficient (Wildman–Crippen LogP) is 1.60. The SMILES string of the molecule is NC1=N[C@@H](Cc2cccc(Cl)c2)CO1.